The van der Waals surface area contributed by atoms with E-state index in [1.54, 1.807) is 0 Å². The molecule has 0 saturated carbocycles. The Kier molecular flexibility index (Phi) is 3.91. The molecule has 0 saturated heterocycles. The van der Waals surface area contributed by atoms with Crippen molar-refractivity contribution < 1.29 is 0 Å². The topological polar surface area (TPSA) is 29.3 Å². The van der Waals surface area contributed by atoms with Crippen molar-refractivity contribution in [3.8, 4) is 0 Å². The number of fused-ring (bicyclic) bond motifs is 1. The molecule has 4 heteroatoms. The largest absolute Gasteiger partial charge is 0.366 e. The van der Waals surface area contributed by atoms with Crippen LogP contribution in [0.2, 0.25) is 0 Å². The molecule has 2 N–H and O–H groups in total. The van der Waals surface area contributed by atoms with Crippen molar-refractivity contribution in [3.63, 3.8) is 0 Å². The summed E-state index contributed by atoms with van der Waals surface area (Å²) in [5.41, 5.74) is 8.59. The Morgan fingerprint density at radius 2 is 2.11 bits per heavy atom. The second-order valence-electron chi connectivity index (χ2n) is 4.92. The molecule has 2 aromatic rings. The summed E-state index contributed by atoms with van der Waals surface area (Å²) in [6.45, 7) is 2.85. The second kappa shape index (κ2) is 5.65. The number of benzene rings is 1. The maximum Gasteiger partial charge on any atom is 0.0702 e. The summed E-state index contributed by atoms with van der Waals surface area (Å²) in [6.07, 6.45) is 1.07. The van der Waals surface area contributed by atoms with E-state index in [4.69, 9.17) is 5.73 Å². The zero-order valence-electron chi connectivity index (χ0n) is 10.7. The third-order valence-electron chi connectivity index (χ3n) is 3.65. The van der Waals surface area contributed by atoms with Crippen molar-refractivity contribution in [2.45, 2.75) is 18.9 Å². The molecule has 0 aliphatic carbocycles. The molecule has 0 radical (unpaired) electrons. The van der Waals surface area contributed by atoms with Crippen LogP contribution in [0.5, 0.6) is 0 Å². The Morgan fingerprint density at radius 3 is 2.84 bits per heavy atom. The van der Waals surface area contributed by atoms with Crippen molar-refractivity contribution >= 4 is 33.0 Å². The van der Waals surface area contributed by atoms with Crippen molar-refractivity contribution in [1.29, 1.82) is 0 Å². The van der Waals surface area contributed by atoms with Gasteiger partial charge in [-0.15, -0.1) is 11.3 Å². The molecule has 2 heterocycles. The predicted molar refractivity (Wildman–Crippen MR) is 85.9 cm³/mol. The van der Waals surface area contributed by atoms with Crippen molar-refractivity contribution in [2.24, 2.45) is 5.73 Å². The summed E-state index contributed by atoms with van der Waals surface area (Å²) >= 11 is 5.35. The van der Waals surface area contributed by atoms with E-state index in [0.29, 0.717) is 5.92 Å². The summed E-state index contributed by atoms with van der Waals surface area (Å²) in [6, 6.07) is 13.1. The van der Waals surface area contributed by atoms with Gasteiger partial charge in [-0.1, -0.05) is 18.2 Å². The van der Waals surface area contributed by atoms with Gasteiger partial charge >= 0.3 is 0 Å². The zero-order chi connectivity index (χ0) is 13.2. The van der Waals surface area contributed by atoms with Gasteiger partial charge in [0, 0.05) is 23.0 Å². The number of nitrogens with two attached hydrogens (primary N) is 1. The van der Waals surface area contributed by atoms with E-state index >= 15 is 0 Å². The minimum atomic E-state index is 0.588. The lowest BCUT2D eigenvalue weighted by Gasteiger charge is -2.19. The maximum atomic E-state index is 5.74. The van der Waals surface area contributed by atoms with Gasteiger partial charge in [0.1, 0.15) is 0 Å². The quantitative estimate of drug-likeness (QED) is 0.915. The van der Waals surface area contributed by atoms with Gasteiger partial charge < -0.3 is 10.6 Å². The van der Waals surface area contributed by atoms with Crippen molar-refractivity contribution in [3.05, 3.63) is 50.6 Å². The number of hydrogen-bond acceptors (Lipinski definition) is 3. The van der Waals surface area contributed by atoms with Gasteiger partial charge in [-0.3, -0.25) is 0 Å². The van der Waals surface area contributed by atoms with Crippen LogP contribution in [0, 0.1) is 0 Å². The molecule has 3 rings (SSSR count). The highest BCUT2D eigenvalue weighted by atomic mass is 79.9. The van der Waals surface area contributed by atoms with Crippen molar-refractivity contribution in [2.75, 3.05) is 18.0 Å². The molecule has 1 aromatic carbocycles. The minimum absolute atomic E-state index is 0.588. The van der Waals surface area contributed by atoms with Gasteiger partial charge in [0.2, 0.25) is 0 Å². The highest BCUT2D eigenvalue weighted by Gasteiger charge is 2.27. The highest BCUT2D eigenvalue weighted by Crippen LogP contribution is 2.39. The fourth-order valence-corrected chi connectivity index (χ4v) is 4.30. The number of anilines is 1. The number of nitrogens with zero attached hydrogens (tertiary/aromatic N) is 1. The van der Waals surface area contributed by atoms with Crippen LogP contribution in [0.1, 0.15) is 22.8 Å². The number of para-hydroxylation sites is 1. The monoisotopic (exact) mass is 336 g/mol. The van der Waals surface area contributed by atoms with Gasteiger partial charge in [0.25, 0.3) is 0 Å². The molecule has 100 valence electrons. The van der Waals surface area contributed by atoms with E-state index in [9.17, 15) is 0 Å². The first-order valence-corrected chi connectivity index (χ1v) is 8.17. The Hall–Kier alpha value is -0.840. The van der Waals surface area contributed by atoms with Crippen LogP contribution in [-0.2, 0) is 6.54 Å². The molecule has 0 amide bonds. The first-order chi connectivity index (χ1) is 9.28. The van der Waals surface area contributed by atoms with Crippen LogP contribution < -0.4 is 10.6 Å². The lowest BCUT2D eigenvalue weighted by atomic mass is 9.98. The van der Waals surface area contributed by atoms with E-state index in [0.717, 1.165) is 26.1 Å². The fraction of sp³-hybridized carbons (Fsp3) is 0.333. The Bertz CT molecular complexity index is 567. The molecule has 2 nitrogen and oxygen atoms in total. The lowest BCUT2D eigenvalue weighted by Crippen LogP contribution is -2.21. The lowest BCUT2D eigenvalue weighted by molar-refractivity contribution is 0.645. The van der Waals surface area contributed by atoms with Gasteiger partial charge in [0.05, 0.1) is 10.3 Å². The zero-order valence-corrected chi connectivity index (χ0v) is 13.1. The molecular formula is C15H17BrN2S. The Morgan fingerprint density at radius 1 is 1.26 bits per heavy atom. The fourth-order valence-electron chi connectivity index (χ4n) is 2.81. The molecule has 19 heavy (non-hydrogen) atoms. The number of rotatable bonds is 4. The second-order valence-corrected chi connectivity index (χ2v) is 7.47. The maximum absolute atomic E-state index is 5.74. The highest BCUT2D eigenvalue weighted by molar-refractivity contribution is 9.11. The van der Waals surface area contributed by atoms with Gasteiger partial charge in [-0.2, -0.15) is 0 Å². The SMILES string of the molecule is NCCC1CN(Cc2ccc(Br)s2)c2ccccc21. The number of thiophene rings is 1. The molecular weight excluding hydrogens is 320 g/mol. The standard InChI is InChI=1S/C15H17BrN2S/c16-15-6-5-12(19-15)10-18-9-11(7-8-17)13-3-1-2-4-14(13)18/h1-6,11H,7-10,17H2. The molecule has 0 bridgehead atoms. The van der Waals surface area contributed by atoms with Crippen molar-refractivity contribution in [1.82, 2.24) is 0 Å². The first-order valence-electron chi connectivity index (χ1n) is 6.56. The van der Waals surface area contributed by atoms with Gasteiger partial charge in [0.15, 0.2) is 0 Å². The van der Waals surface area contributed by atoms with Crippen LogP contribution in [0.4, 0.5) is 5.69 Å². The molecule has 0 fully saturated rings. The summed E-state index contributed by atoms with van der Waals surface area (Å²) < 4.78 is 1.20. The summed E-state index contributed by atoms with van der Waals surface area (Å²) in [5.74, 6) is 0.588. The number of halogens is 1. The summed E-state index contributed by atoms with van der Waals surface area (Å²) in [4.78, 5) is 3.88. The Balaban J connectivity index is 1.84. The van der Waals surface area contributed by atoms with Gasteiger partial charge in [-0.25, -0.2) is 0 Å². The van der Waals surface area contributed by atoms with Crippen LogP contribution >= 0.6 is 27.3 Å². The third-order valence-corrected chi connectivity index (χ3v) is 5.26. The average molecular weight is 337 g/mol. The van der Waals surface area contributed by atoms with Crippen LogP contribution in [-0.4, -0.2) is 13.1 Å². The molecule has 1 aliphatic rings. The Labute approximate surface area is 126 Å². The van der Waals surface area contributed by atoms with E-state index in [-0.39, 0.29) is 0 Å². The van der Waals surface area contributed by atoms with E-state index in [1.807, 2.05) is 11.3 Å². The molecule has 0 spiro atoms. The minimum Gasteiger partial charge on any atom is -0.366 e. The third kappa shape index (κ3) is 2.71. The van der Waals surface area contributed by atoms with Crippen LogP contribution in [0.15, 0.2) is 40.2 Å². The van der Waals surface area contributed by atoms with Crippen LogP contribution in [0.25, 0.3) is 0 Å². The average Bonchev–Trinajstić information content (AvgIpc) is 2.97. The summed E-state index contributed by atoms with van der Waals surface area (Å²) in [7, 11) is 0. The molecule has 1 aromatic heterocycles. The summed E-state index contributed by atoms with van der Waals surface area (Å²) in [5, 5.41) is 0. The smallest absolute Gasteiger partial charge is 0.0702 e. The normalized spacial score (nSPS) is 17.8. The van der Waals surface area contributed by atoms with E-state index in [1.165, 1.54) is 19.9 Å². The first kappa shape index (κ1) is 13.2. The predicted octanol–water partition coefficient (Wildman–Crippen LogP) is 3.96. The van der Waals surface area contributed by atoms with E-state index < -0.39 is 0 Å². The number of hydrogen-bond donors (Lipinski definition) is 1. The van der Waals surface area contributed by atoms with E-state index in [2.05, 4.69) is 57.2 Å². The molecule has 1 unspecified atom stereocenters. The molecule has 1 aliphatic heterocycles. The van der Waals surface area contributed by atoms with Crippen LogP contribution in [0.3, 0.4) is 0 Å². The van der Waals surface area contributed by atoms with Gasteiger partial charge in [-0.05, 0) is 52.7 Å². The molecule has 1 atom stereocenters.